The summed E-state index contributed by atoms with van der Waals surface area (Å²) in [5.41, 5.74) is 2.83. The summed E-state index contributed by atoms with van der Waals surface area (Å²) in [5.74, 6) is 1.74. The number of carbonyl (C=O) groups is 1. The molecule has 0 spiro atoms. The molecule has 0 saturated carbocycles. The molecule has 1 fully saturated rings. The predicted molar refractivity (Wildman–Crippen MR) is 108 cm³/mol. The number of rotatable bonds is 3. The van der Waals surface area contributed by atoms with Gasteiger partial charge in [0.15, 0.2) is 0 Å². The molecule has 5 nitrogen and oxygen atoms in total. The second-order valence-corrected chi connectivity index (χ2v) is 7.86. The van der Waals surface area contributed by atoms with E-state index in [1.807, 2.05) is 42.5 Å². The van der Waals surface area contributed by atoms with Crippen LogP contribution in [0.15, 0.2) is 48.7 Å². The number of ether oxygens (including phenoxy) is 1. The molecule has 27 heavy (non-hydrogen) atoms. The zero-order valence-corrected chi connectivity index (χ0v) is 15.6. The molecule has 0 unspecified atom stereocenters. The van der Waals surface area contributed by atoms with Crippen LogP contribution in [0.2, 0.25) is 0 Å². The number of para-hydroxylation sites is 1. The van der Waals surface area contributed by atoms with E-state index < -0.39 is 0 Å². The van der Waals surface area contributed by atoms with Crippen molar-refractivity contribution >= 4 is 28.7 Å². The molecule has 5 rings (SSSR count). The van der Waals surface area contributed by atoms with Crippen molar-refractivity contribution in [1.29, 1.82) is 0 Å². The lowest BCUT2D eigenvalue weighted by atomic mass is 10.1. The van der Waals surface area contributed by atoms with Gasteiger partial charge < -0.3 is 15.0 Å². The van der Waals surface area contributed by atoms with Crippen LogP contribution < -0.4 is 15.0 Å². The molecule has 2 aromatic heterocycles. The molecule has 1 amide bonds. The average Bonchev–Trinajstić information content (AvgIpc) is 3.38. The van der Waals surface area contributed by atoms with Crippen LogP contribution in [0.5, 0.6) is 5.75 Å². The topological polar surface area (TPSA) is 54.5 Å². The van der Waals surface area contributed by atoms with Crippen LogP contribution in [-0.4, -0.2) is 24.0 Å². The lowest BCUT2D eigenvalue weighted by molar-refractivity contribution is 0.103. The molecule has 2 aliphatic heterocycles. The largest absolute Gasteiger partial charge is 0.488 e. The molecule has 0 radical (unpaired) electrons. The second-order valence-electron chi connectivity index (χ2n) is 6.80. The van der Waals surface area contributed by atoms with Crippen LogP contribution in [0.1, 0.15) is 28.1 Å². The summed E-state index contributed by atoms with van der Waals surface area (Å²) in [6.07, 6.45) is 4.17. The highest BCUT2D eigenvalue weighted by atomic mass is 32.1. The number of benzene rings is 1. The SMILES string of the molecule is O=C(Nc1ccc(N2CCCC2)nc1)c1cc2c(s1)-c1ccccc1OC2. The van der Waals surface area contributed by atoms with Crippen LogP contribution in [-0.2, 0) is 6.61 Å². The first-order valence-electron chi connectivity index (χ1n) is 9.15. The molecular weight excluding hydrogens is 358 g/mol. The van der Waals surface area contributed by atoms with Crippen molar-refractivity contribution in [3.63, 3.8) is 0 Å². The van der Waals surface area contributed by atoms with Gasteiger partial charge in [0.05, 0.1) is 16.8 Å². The highest BCUT2D eigenvalue weighted by Gasteiger charge is 2.22. The predicted octanol–water partition coefficient (Wildman–Crippen LogP) is 4.56. The number of hydrogen-bond donors (Lipinski definition) is 1. The van der Waals surface area contributed by atoms with Gasteiger partial charge in [-0.1, -0.05) is 12.1 Å². The normalized spacial score (nSPS) is 15.0. The van der Waals surface area contributed by atoms with Crippen molar-refractivity contribution in [2.75, 3.05) is 23.3 Å². The highest BCUT2D eigenvalue weighted by molar-refractivity contribution is 7.17. The minimum atomic E-state index is -0.109. The van der Waals surface area contributed by atoms with Crippen LogP contribution >= 0.6 is 11.3 Å². The van der Waals surface area contributed by atoms with Gasteiger partial charge in [-0.3, -0.25) is 4.79 Å². The van der Waals surface area contributed by atoms with Gasteiger partial charge in [0.1, 0.15) is 18.2 Å². The monoisotopic (exact) mass is 377 g/mol. The highest BCUT2D eigenvalue weighted by Crippen LogP contribution is 2.42. The van der Waals surface area contributed by atoms with E-state index in [-0.39, 0.29) is 5.91 Å². The fraction of sp³-hybridized carbons (Fsp3) is 0.238. The molecule has 0 bridgehead atoms. The van der Waals surface area contributed by atoms with Gasteiger partial charge in [-0.25, -0.2) is 4.98 Å². The maximum Gasteiger partial charge on any atom is 0.265 e. The van der Waals surface area contributed by atoms with E-state index in [2.05, 4.69) is 15.2 Å². The first-order chi connectivity index (χ1) is 13.3. The van der Waals surface area contributed by atoms with Crippen molar-refractivity contribution < 1.29 is 9.53 Å². The summed E-state index contributed by atoms with van der Waals surface area (Å²) in [6.45, 7) is 2.62. The Labute approximate surface area is 161 Å². The summed E-state index contributed by atoms with van der Waals surface area (Å²) >= 11 is 1.51. The molecule has 6 heteroatoms. The van der Waals surface area contributed by atoms with Crippen LogP contribution in [0.25, 0.3) is 10.4 Å². The number of hydrogen-bond acceptors (Lipinski definition) is 5. The Morgan fingerprint density at radius 2 is 2.00 bits per heavy atom. The third-order valence-electron chi connectivity index (χ3n) is 4.98. The number of nitrogens with one attached hydrogen (secondary N) is 1. The van der Waals surface area contributed by atoms with Crippen molar-refractivity contribution in [3.05, 3.63) is 59.1 Å². The van der Waals surface area contributed by atoms with Gasteiger partial charge >= 0.3 is 0 Å². The van der Waals surface area contributed by atoms with Crippen molar-refractivity contribution in [2.45, 2.75) is 19.4 Å². The van der Waals surface area contributed by atoms with Crippen molar-refractivity contribution in [3.8, 4) is 16.2 Å². The quantitative estimate of drug-likeness (QED) is 0.727. The Bertz CT molecular complexity index is 991. The number of thiophene rings is 1. The third-order valence-corrected chi connectivity index (χ3v) is 6.19. The fourth-order valence-corrected chi connectivity index (χ4v) is 4.69. The molecule has 3 aromatic rings. The Hall–Kier alpha value is -2.86. The van der Waals surface area contributed by atoms with Gasteiger partial charge in [0.25, 0.3) is 5.91 Å². The summed E-state index contributed by atoms with van der Waals surface area (Å²) in [5, 5.41) is 2.96. The molecule has 1 saturated heterocycles. The molecule has 0 atom stereocenters. The number of aromatic nitrogens is 1. The average molecular weight is 377 g/mol. The van der Waals surface area contributed by atoms with Crippen LogP contribution in [0.3, 0.4) is 0 Å². The summed E-state index contributed by atoms with van der Waals surface area (Å²) in [4.78, 5) is 21.3. The summed E-state index contributed by atoms with van der Waals surface area (Å²) in [6, 6.07) is 13.8. The number of anilines is 2. The number of pyridine rings is 1. The minimum Gasteiger partial charge on any atom is -0.488 e. The van der Waals surface area contributed by atoms with Gasteiger partial charge in [-0.15, -0.1) is 11.3 Å². The smallest absolute Gasteiger partial charge is 0.265 e. The maximum absolute atomic E-state index is 12.7. The molecule has 4 heterocycles. The fourth-order valence-electron chi connectivity index (χ4n) is 3.60. The summed E-state index contributed by atoms with van der Waals surface area (Å²) < 4.78 is 5.78. The van der Waals surface area contributed by atoms with E-state index in [0.717, 1.165) is 40.7 Å². The molecule has 136 valence electrons. The van der Waals surface area contributed by atoms with E-state index in [0.29, 0.717) is 17.2 Å². The standard InChI is InChI=1S/C21H19N3O2S/c25-21(23-15-7-8-19(22-12-15)24-9-3-4-10-24)18-11-14-13-26-17-6-2-1-5-16(17)20(14)27-18/h1-2,5-8,11-12H,3-4,9-10,13H2,(H,23,25). The van der Waals surface area contributed by atoms with E-state index in [1.54, 1.807) is 6.20 Å². The number of carbonyl (C=O) groups excluding carboxylic acids is 1. The third kappa shape index (κ3) is 3.06. The van der Waals surface area contributed by atoms with Gasteiger partial charge in [0.2, 0.25) is 0 Å². The lowest BCUT2D eigenvalue weighted by Crippen LogP contribution is -2.19. The summed E-state index contributed by atoms with van der Waals surface area (Å²) in [7, 11) is 0. The van der Waals surface area contributed by atoms with Gasteiger partial charge in [-0.2, -0.15) is 0 Å². The minimum absolute atomic E-state index is 0.109. The number of nitrogens with zero attached hydrogens (tertiary/aromatic N) is 2. The van der Waals surface area contributed by atoms with E-state index in [1.165, 1.54) is 24.2 Å². The molecular formula is C21H19N3O2S. The molecule has 1 aromatic carbocycles. The van der Waals surface area contributed by atoms with Crippen LogP contribution in [0, 0.1) is 0 Å². The molecule has 1 N–H and O–H groups in total. The van der Waals surface area contributed by atoms with E-state index in [9.17, 15) is 4.79 Å². The maximum atomic E-state index is 12.7. The second kappa shape index (κ2) is 6.70. The first-order valence-corrected chi connectivity index (χ1v) is 9.97. The van der Waals surface area contributed by atoms with E-state index >= 15 is 0 Å². The first kappa shape index (κ1) is 16.3. The van der Waals surface area contributed by atoms with Gasteiger partial charge in [-0.05, 0) is 43.2 Å². The molecule has 2 aliphatic rings. The van der Waals surface area contributed by atoms with Gasteiger partial charge in [0, 0.05) is 29.1 Å². The zero-order valence-electron chi connectivity index (χ0n) is 14.8. The van der Waals surface area contributed by atoms with Crippen molar-refractivity contribution in [1.82, 2.24) is 4.98 Å². The Morgan fingerprint density at radius 1 is 1.15 bits per heavy atom. The van der Waals surface area contributed by atoms with E-state index in [4.69, 9.17) is 4.74 Å². The molecule has 0 aliphatic carbocycles. The zero-order chi connectivity index (χ0) is 18.2. The Morgan fingerprint density at radius 3 is 2.81 bits per heavy atom. The number of fused-ring (bicyclic) bond motifs is 3. The Kier molecular flexibility index (Phi) is 4.05. The van der Waals surface area contributed by atoms with Crippen molar-refractivity contribution in [2.24, 2.45) is 0 Å². The Balaban J connectivity index is 1.34. The van der Waals surface area contributed by atoms with Crippen LogP contribution in [0.4, 0.5) is 11.5 Å². The number of amides is 1. The lowest BCUT2D eigenvalue weighted by Gasteiger charge is -2.16.